The molecule has 6 nitrogen and oxygen atoms in total. The normalized spacial score (nSPS) is 18.2. The van der Waals surface area contributed by atoms with Crippen molar-refractivity contribution in [2.24, 2.45) is 5.73 Å². The summed E-state index contributed by atoms with van der Waals surface area (Å²) >= 11 is 0. The Morgan fingerprint density at radius 1 is 0.673 bits per heavy atom. The van der Waals surface area contributed by atoms with E-state index >= 15 is 0 Å². The molecule has 0 aromatic heterocycles. The molecule has 1 aliphatic rings. The van der Waals surface area contributed by atoms with Crippen LogP contribution in [0.3, 0.4) is 0 Å². The monoisotopic (exact) mass is 687 g/mol. The minimum absolute atomic E-state index is 0.0292. The van der Waals surface area contributed by atoms with E-state index in [1.165, 1.54) is 154 Å². The van der Waals surface area contributed by atoms with E-state index in [-0.39, 0.29) is 12.1 Å². The molecular formula is C43H82N4O2. The molecule has 49 heavy (non-hydrogen) atoms. The molecule has 4 N–H and O–H groups in total. The van der Waals surface area contributed by atoms with Crippen molar-refractivity contribution in [3.8, 4) is 0 Å². The zero-order chi connectivity index (χ0) is 35.5. The first-order valence-electron chi connectivity index (χ1n) is 21.0. The van der Waals surface area contributed by atoms with Gasteiger partial charge in [0, 0.05) is 32.5 Å². The van der Waals surface area contributed by atoms with Crippen LogP contribution in [0.2, 0.25) is 0 Å². The smallest absolute Gasteiger partial charge is 0.185 e. The number of nitrogens with one attached hydrogen (secondary N) is 2. The van der Waals surface area contributed by atoms with Crippen molar-refractivity contribution in [2.75, 3.05) is 33.3 Å². The first-order valence-corrected chi connectivity index (χ1v) is 21.0. The van der Waals surface area contributed by atoms with Gasteiger partial charge >= 0.3 is 0 Å². The summed E-state index contributed by atoms with van der Waals surface area (Å²) in [6.45, 7) is 7.56. The molecule has 2 unspecified atom stereocenters. The van der Waals surface area contributed by atoms with Crippen LogP contribution in [0, 0.1) is 5.41 Å². The third-order valence-electron chi connectivity index (χ3n) is 9.82. The molecule has 0 saturated carbocycles. The van der Waals surface area contributed by atoms with Crippen LogP contribution in [0.15, 0.2) is 36.5 Å². The van der Waals surface area contributed by atoms with E-state index in [1.807, 2.05) is 0 Å². The minimum Gasteiger partial charge on any atom is -0.370 e. The van der Waals surface area contributed by atoms with Crippen molar-refractivity contribution in [2.45, 2.75) is 199 Å². The Hall–Kier alpha value is -1.63. The third kappa shape index (κ3) is 28.7. The molecule has 2 atom stereocenters. The summed E-state index contributed by atoms with van der Waals surface area (Å²) in [7, 11) is 2.11. The van der Waals surface area contributed by atoms with Gasteiger partial charge in [-0.1, -0.05) is 147 Å². The number of rotatable bonds is 35. The molecule has 0 aliphatic carbocycles. The molecule has 0 amide bonds. The highest BCUT2D eigenvalue weighted by Gasteiger charge is 2.40. The van der Waals surface area contributed by atoms with Crippen LogP contribution < -0.4 is 11.1 Å². The lowest BCUT2D eigenvalue weighted by molar-refractivity contribution is -0.180. The maximum absolute atomic E-state index is 7.38. The van der Waals surface area contributed by atoms with Crippen molar-refractivity contribution >= 4 is 5.96 Å². The zero-order valence-corrected chi connectivity index (χ0v) is 32.8. The molecule has 0 aromatic rings. The Bertz CT molecular complexity index is 829. The first-order chi connectivity index (χ1) is 24.0. The summed E-state index contributed by atoms with van der Waals surface area (Å²) < 4.78 is 13.2. The number of allylic oxidation sites excluding steroid dienone is 6. The van der Waals surface area contributed by atoms with Gasteiger partial charge in [0.1, 0.15) is 0 Å². The summed E-state index contributed by atoms with van der Waals surface area (Å²) in [5, 5.41) is 10.3. The summed E-state index contributed by atoms with van der Waals surface area (Å²) in [6.07, 6.45) is 48.8. The van der Waals surface area contributed by atoms with Gasteiger partial charge in [-0.25, -0.2) is 0 Å². The second-order valence-corrected chi connectivity index (χ2v) is 14.7. The Labute approximate surface area is 305 Å². The molecule has 1 saturated heterocycles. The highest BCUT2D eigenvalue weighted by molar-refractivity contribution is 5.74. The molecular weight excluding hydrogens is 604 g/mol. The number of hydrogen-bond donors (Lipinski definition) is 3. The lowest BCUT2D eigenvalue weighted by Crippen LogP contribution is -2.40. The predicted octanol–water partition coefficient (Wildman–Crippen LogP) is 11.8. The standard InChI is InChI=1S/C43H82N4O2/c1-4-6-8-10-12-14-16-18-20-22-24-26-28-30-32-34-36-43(48-40-41(49-43)39-47(3)38-37-46-42(44)45)35-33-31-29-27-25-23-21-19-17-15-13-11-9-7-5-2/h11,13,17-20,41H,4-10,12,14-16,21-40H2,1-3H3,(H4,44,45,46)/b13-11-,19-17-,20-18-. The van der Waals surface area contributed by atoms with Crippen LogP contribution in [0.25, 0.3) is 0 Å². The molecule has 1 rings (SSSR count). The van der Waals surface area contributed by atoms with Gasteiger partial charge in [-0.2, -0.15) is 0 Å². The molecule has 0 bridgehead atoms. The summed E-state index contributed by atoms with van der Waals surface area (Å²) in [5.74, 6) is -0.374. The predicted molar refractivity (Wildman–Crippen MR) is 214 cm³/mol. The first kappa shape index (κ1) is 45.4. The topological polar surface area (TPSA) is 83.6 Å². The molecule has 1 fully saturated rings. The van der Waals surface area contributed by atoms with Gasteiger partial charge in [-0.15, -0.1) is 0 Å². The second-order valence-electron chi connectivity index (χ2n) is 14.7. The Morgan fingerprint density at radius 2 is 1.12 bits per heavy atom. The number of nitrogens with two attached hydrogens (primary N) is 1. The SMILES string of the molecule is CCCC/C=C\C/C=C\CCCCCCCCC1(CCCCCCCC/C=C\CCCCCCCC)OCC(CN(C)CCNC(=N)N)O1. The lowest BCUT2D eigenvalue weighted by Gasteiger charge is -2.29. The van der Waals surface area contributed by atoms with Gasteiger partial charge in [-0.3, -0.25) is 5.41 Å². The quantitative estimate of drug-likeness (QED) is 0.0267. The number of unbranched alkanes of at least 4 members (excludes halogenated alkanes) is 20. The van der Waals surface area contributed by atoms with E-state index in [1.54, 1.807) is 0 Å². The minimum atomic E-state index is -0.403. The Balaban J connectivity index is 2.27. The van der Waals surface area contributed by atoms with Gasteiger partial charge in [0.15, 0.2) is 11.7 Å². The molecule has 1 aliphatic heterocycles. The fraction of sp³-hybridized carbons (Fsp3) is 0.837. The van der Waals surface area contributed by atoms with Crippen LogP contribution in [-0.4, -0.2) is 56.0 Å². The molecule has 0 radical (unpaired) electrons. The van der Waals surface area contributed by atoms with Crippen molar-refractivity contribution < 1.29 is 9.47 Å². The zero-order valence-electron chi connectivity index (χ0n) is 32.8. The van der Waals surface area contributed by atoms with Crippen LogP contribution in [0.5, 0.6) is 0 Å². The Morgan fingerprint density at radius 3 is 1.63 bits per heavy atom. The number of hydrogen-bond acceptors (Lipinski definition) is 4. The van der Waals surface area contributed by atoms with E-state index in [4.69, 9.17) is 20.6 Å². The maximum atomic E-state index is 7.38. The van der Waals surface area contributed by atoms with E-state index in [2.05, 4.69) is 67.6 Å². The van der Waals surface area contributed by atoms with E-state index in [0.29, 0.717) is 13.2 Å². The van der Waals surface area contributed by atoms with Crippen molar-refractivity contribution in [3.05, 3.63) is 36.5 Å². The van der Waals surface area contributed by atoms with E-state index < -0.39 is 5.79 Å². The van der Waals surface area contributed by atoms with Gasteiger partial charge in [0.05, 0.1) is 12.7 Å². The second kappa shape index (κ2) is 33.5. The van der Waals surface area contributed by atoms with Crippen LogP contribution in [-0.2, 0) is 9.47 Å². The molecule has 1 heterocycles. The average molecular weight is 687 g/mol. The average Bonchev–Trinajstić information content (AvgIpc) is 3.48. The van der Waals surface area contributed by atoms with Gasteiger partial charge < -0.3 is 25.4 Å². The van der Waals surface area contributed by atoms with Crippen molar-refractivity contribution in [1.82, 2.24) is 10.2 Å². The molecule has 6 heteroatoms. The molecule has 0 aromatic carbocycles. The van der Waals surface area contributed by atoms with Crippen molar-refractivity contribution in [1.29, 1.82) is 5.41 Å². The van der Waals surface area contributed by atoms with Crippen molar-refractivity contribution in [3.63, 3.8) is 0 Å². The van der Waals surface area contributed by atoms with Crippen LogP contribution in [0.4, 0.5) is 0 Å². The highest BCUT2D eigenvalue weighted by atomic mass is 16.7. The largest absolute Gasteiger partial charge is 0.370 e. The molecule has 0 spiro atoms. The number of ether oxygens (including phenoxy) is 2. The van der Waals surface area contributed by atoms with E-state index in [9.17, 15) is 0 Å². The summed E-state index contributed by atoms with van der Waals surface area (Å²) in [6, 6.07) is 0. The van der Waals surface area contributed by atoms with Gasteiger partial charge in [0.2, 0.25) is 0 Å². The summed E-state index contributed by atoms with van der Waals surface area (Å²) in [4.78, 5) is 2.25. The van der Waals surface area contributed by atoms with Gasteiger partial charge in [-0.05, 0) is 71.3 Å². The third-order valence-corrected chi connectivity index (χ3v) is 9.82. The fourth-order valence-corrected chi connectivity index (χ4v) is 6.75. The van der Waals surface area contributed by atoms with E-state index in [0.717, 1.165) is 32.4 Å². The fourth-order valence-electron chi connectivity index (χ4n) is 6.75. The number of likely N-dealkylation sites (N-methyl/N-ethyl adjacent to an activating group) is 1. The maximum Gasteiger partial charge on any atom is 0.185 e. The van der Waals surface area contributed by atoms with Gasteiger partial charge in [0.25, 0.3) is 0 Å². The van der Waals surface area contributed by atoms with Crippen LogP contribution >= 0.6 is 0 Å². The number of nitrogens with zero attached hydrogens (tertiary/aromatic N) is 1. The summed E-state index contributed by atoms with van der Waals surface area (Å²) in [5.41, 5.74) is 5.44. The lowest BCUT2D eigenvalue weighted by atomic mass is 9.98. The Kier molecular flexibility index (Phi) is 31.0. The molecule has 286 valence electrons. The highest BCUT2D eigenvalue weighted by Crippen LogP contribution is 2.35. The number of guanidine groups is 1. The van der Waals surface area contributed by atoms with Crippen LogP contribution in [0.1, 0.15) is 187 Å².